The second-order valence-electron chi connectivity index (χ2n) is 7.96. The summed E-state index contributed by atoms with van der Waals surface area (Å²) in [4.78, 5) is 18.9. The monoisotopic (exact) mass is 441 g/mol. The first kappa shape index (κ1) is 19.6. The predicted octanol–water partition coefficient (Wildman–Crippen LogP) is 3.22. The van der Waals surface area contributed by atoms with Gasteiger partial charge in [0.25, 0.3) is 0 Å². The van der Waals surface area contributed by atoms with Gasteiger partial charge in [0, 0.05) is 31.1 Å². The molecule has 6 rings (SSSR count). The van der Waals surface area contributed by atoms with Gasteiger partial charge in [-0.3, -0.25) is 0 Å². The molecule has 1 aromatic carbocycles. The third kappa shape index (κ3) is 3.33. The number of anilines is 1. The highest BCUT2D eigenvalue weighted by Crippen LogP contribution is 2.36. The molecule has 0 saturated heterocycles. The molecule has 0 unspecified atom stereocenters. The molecule has 9 heteroatoms. The summed E-state index contributed by atoms with van der Waals surface area (Å²) in [5.74, 6) is 0.115. The van der Waals surface area contributed by atoms with Crippen LogP contribution in [0.2, 0.25) is 0 Å². The van der Waals surface area contributed by atoms with Crippen LogP contribution in [-0.2, 0) is 6.42 Å². The van der Waals surface area contributed by atoms with Gasteiger partial charge in [-0.05, 0) is 29.8 Å². The lowest BCUT2D eigenvalue weighted by atomic mass is 10.00. The lowest BCUT2D eigenvalue weighted by molar-refractivity contribution is 0.215. The zero-order valence-electron chi connectivity index (χ0n) is 17.5. The van der Waals surface area contributed by atoms with Crippen LogP contribution in [0.25, 0.3) is 5.52 Å². The van der Waals surface area contributed by atoms with E-state index in [0.717, 1.165) is 23.4 Å². The van der Waals surface area contributed by atoms with Gasteiger partial charge in [-0.15, -0.1) is 0 Å². The van der Waals surface area contributed by atoms with Gasteiger partial charge in [0.15, 0.2) is 0 Å². The van der Waals surface area contributed by atoms with E-state index in [2.05, 4.69) is 20.1 Å². The summed E-state index contributed by atoms with van der Waals surface area (Å²) in [7, 11) is 0. The molecule has 4 aromatic heterocycles. The zero-order chi connectivity index (χ0) is 22.4. The molecule has 164 valence electrons. The van der Waals surface area contributed by atoms with Crippen LogP contribution in [0.5, 0.6) is 0 Å². The molecule has 1 aliphatic heterocycles. The number of rotatable bonds is 4. The summed E-state index contributed by atoms with van der Waals surface area (Å²) < 4.78 is 15.9. The van der Waals surface area contributed by atoms with Crippen LogP contribution in [0.1, 0.15) is 40.5 Å². The molecule has 5 heterocycles. The van der Waals surface area contributed by atoms with Crippen molar-refractivity contribution >= 4 is 11.5 Å². The Hall–Kier alpha value is -4.11. The van der Waals surface area contributed by atoms with Crippen molar-refractivity contribution in [1.82, 2.24) is 29.5 Å². The number of aromatic nitrogens is 6. The third-order valence-corrected chi connectivity index (χ3v) is 5.99. The van der Waals surface area contributed by atoms with Gasteiger partial charge in [0.2, 0.25) is 5.95 Å². The summed E-state index contributed by atoms with van der Waals surface area (Å²) in [6.45, 7) is 0.612. The standard InChI is InChI=1S/C24H20FN7O/c25-16-7-4-11-32-20(16)13-19(30-32)22-21-17(27-14-28-21)9-12-31(22)24-26-10-8-18(29-24)23(33)15-5-2-1-3-6-15/h1-8,10-11,13-14,22-23,33H,9,12H2,(H,27,28)/t22-,23-/m1/s1. The van der Waals surface area contributed by atoms with E-state index in [9.17, 15) is 9.50 Å². The highest BCUT2D eigenvalue weighted by atomic mass is 19.1. The third-order valence-electron chi connectivity index (χ3n) is 5.99. The molecule has 0 saturated carbocycles. The van der Waals surface area contributed by atoms with Crippen molar-refractivity contribution in [2.75, 3.05) is 11.4 Å². The van der Waals surface area contributed by atoms with Crippen molar-refractivity contribution in [3.8, 4) is 0 Å². The second-order valence-corrected chi connectivity index (χ2v) is 7.96. The molecule has 33 heavy (non-hydrogen) atoms. The van der Waals surface area contributed by atoms with Crippen LogP contribution in [0.4, 0.5) is 10.3 Å². The topological polar surface area (TPSA) is 95.2 Å². The van der Waals surface area contributed by atoms with E-state index < -0.39 is 12.1 Å². The molecular weight excluding hydrogens is 421 g/mol. The fourth-order valence-electron chi connectivity index (χ4n) is 4.38. The summed E-state index contributed by atoms with van der Waals surface area (Å²) in [5, 5.41) is 15.5. The number of pyridine rings is 1. The number of H-pyrrole nitrogens is 1. The number of halogens is 1. The van der Waals surface area contributed by atoms with Crippen LogP contribution < -0.4 is 4.90 Å². The number of fused-ring (bicyclic) bond motifs is 2. The first-order valence-electron chi connectivity index (χ1n) is 10.7. The van der Waals surface area contributed by atoms with Crippen LogP contribution >= 0.6 is 0 Å². The minimum absolute atomic E-state index is 0.343. The van der Waals surface area contributed by atoms with E-state index in [1.165, 1.54) is 10.6 Å². The van der Waals surface area contributed by atoms with Crippen molar-refractivity contribution in [2.45, 2.75) is 18.6 Å². The summed E-state index contributed by atoms with van der Waals surface area (Å²) in [6, 6.07) is 15.5. The van der Waals surface area contributed by atoms with E-state index in [4.69, 9.17) is 4.98 Å². The van der Waals surface area contributed by atoms with Crippen LogP contribution in [0.3, 0.4) is 0 Å². The van der Waals surface area contributed by atoms with Crippen LogP contribution in [-0.4, -0.2) is 41.2 Å². The maximum absolute atomic E-state index is 14.4. The zero-order valence-corrected chi connectivity index (χ0v) is 17.5. The Labute approximate surface area is 188 Å². The number of aromatic amines is 1. The lowest BCUT2D eigenvalue weighted by Gasteiger charge is -2.34. The highest BCUT2D eigenvalue weighted by molar-refractivity contribution is 5.53. The molecule has 5 aromatic rings. The van der Waals surface area contributed by atoms with Crippen molar-refractivity contribution in [3.05, 3.63) is 107 Å². The van der Waals surface area contributed by atoms with E-state index in [1.807, 2.05) is 35.2 Å². The highest BCUT2D eigenvalue weighted by Gasteiger charge is 2.35. The molecule has 2 atom stereocenters. The van der Waals surface area contributed by atoms with Gasteiger partial charge >= 0.3 is 0 Å². The Morgan fingerprint density at radius 2 is 1.97 bits per heavy atom. The summed E-state index contributed by atoms with van der Waals surface area (Å²) in [5.41, 5.74) is 4.11. The Morgan fingerprint density at radius 1 is 1.09 bits per heavy atom. The van der Waals surface area contributed by atoms with E-state index in [1.54, 1.807) is 36.9 Å². The molecule has 8 nitrogen and oxygen atoms in total. The number of hydrogen-bond donors (Lipinski definition) is 2. The van der Waals surface area contributed by atoms with Crippen LogP contribution in [0.15, 0.2) is 73.3 Å². The van der Waals surface area contributed by atoms with Gasteiger partial charge in [-0.1, -0.05) is 30.3 Å². The molecule has 0 fully saturated rings. The second kappa shape index (κ2) is 7.79. The number of hydrogen-bond acceptors (Lipinski definition) is 6. The Balaban J connectivity index is 1.44. The molecule has 0 bridgehead atoms. The Bertz CT molecular complexity index is 1430. The quantitative estimate of drug-likeness (QED) is 0.445. The molecule has 0 amide bonds. The van der Waals surface area contributed by atoms with Crippen molar-refractivity contribution in [1.29, 1.82) is 0 Å². The van der Waals surface area contributed by atoms with E-state index >= 15 is 0 Å². The average molecular weight is 441 g/mol. The normalized spacial score (nSPS) is 16.7. The SMILES string of the molecule is O[C@H](c1ccccc1)c1ccnc(N2CCc3[nH]cnc3[C@H]2c2cc3c(F)cccn3n2)n1. The minimum atomic E-state index is -0.874. The van der Waals surface area contributed by atoms with Gasteiger partial charge < -0.3 is 15.0 Å². The molecule has 0 radical (unpaired) electrons. The number of imidazole rings is 1. The van der Waals surface area contributed by atoms with Crippen molar-refractivity contribution in [2.24, 2.45) is 0 Å². The Morgan fingerprint density at radius 3 is 2.82 bits per heavy atom. The molecule has 2 N–H and O–H groups in total. The number of aliphatic hydroxyl groups is 1. The number of nitrogens with one attached hydrogen (secondary N) is 1. The van der Waals surface area contributed by atoms with Crippen molar-refractivity contribution in [3.63, 3.8) is 0 Å². The van der Waals surface area contributed by atoms with E-state index in [0.29, 0.717) is 29.4 Å². The Kier molecular flexibility index (Phi) is 4.62. The number of benzene rings is 1. The molecule has 0 spiro atoms. The maximum atomic E-state index is 14.4. The fraction of sp³-hybridized carbons (Fsp3) is 0.167. The van der Waals surface area contributed by atoms with Crippen molar-refractivity contribution < 1.29 is 9.50 Å². The van der Waals surface area contributed by atoms with Gasteiger partial charge in [0.1, 0.15) is 23.5 Å². The smallest absolute Gasteiger partial charge is 0.226 e. The largest absolute Gasteiger partial charge is 0.382 e. The summed E-state index contributed by atoms with van der Waals surface area (Å²) in [6.07, 6.45) is 4.87. The fourth-order valence-corrected chi connectivity index (χ4v) is 4.38. The summed E-state index contributed by atoms with van der Waals surface area (Å²) >= 11 is 0. The lowest BCUT2D eigenvalue weighted by Crippen LogP contribution is -2.38. The van der Waals surface area contributed by atoms with Crippen LogP contribution in [0, 0.1) is 5.82 Å². The van der Waals surface area contributed by atoms with Gasteiger partial charge in [-0.2, -0.15) is 5.10 Å². The molecule has 1 aliphatic rings. The van der Waals surface area contributed by atoms with E-state index in [-0.39, 0.29) is 5.82 Å². The average Bonchev–Trinajstić information content (AvgIpc) is 3.51. The predicted molar refractivity (Wildman–Crippen MR) is 119 cm³/mol. The first-order valence-corrected chi connectivity index (χ1v) is 10.7. The first-order chi connectivity index (χ1) is 16.2. The number of nitrogens with zero attached hydrogens (tertiary/aromatic N) is 6. The minimum Gasteiger partial charge on any atom is -0.382 e. The molecular formula is C24H20FN7O. The number of aliphatic hydroxyl groups excluding tert-OH is 1. The molecule has 0 aliphatic carbocycles. The van der Waals surface area contributed by atoms with Gasteiger partial charge in [0.05, 0.1) is 23.4 Å². The maximum Gasteiger partial charge on any atom is 0.226 e. The van der Waals surface area contributed by atoms with Gasteiger partial charge in [-0.25, -0.2) is 23.9 Å².